The van der Waals surface area contributed by atoms with E-state index in [4.69, 9.17) is 0 Å². The molecule has 0 bridgehead atoms. The minimum Gasteiger partial charge on any atom is -0.0633 e. The standard InChI is InChI=1S/C33H53P/c1-21(2)24-19-26(22(3)4)29(27(20-24)23(5)6)25-17-16-18-28(31(7,8)9)30(25)34(32(10,11)12)33(13,14)15/h16-23H,1-15H3. The van der Waals surface area contributed by atoms with E-state index in [2.05, 4.69) is 134 Å². The first-order valence-electron chi connectivity index (χ1n) is 13.4. The molecule has 0 atom stereocenters. The summed E-state index contributed by atoms with van der Waals surface area (Å²) in [6.07, 6.45) is 0. The highest BCUT2D eigenvalue weighted by atomic mass is 31.1. The maximum Gasteiger partial charge on any atom is -0.00979 e. The predicted molar refractivity (Wildman–Crippen MR) is 159 cm³/mol. The van der Waals surface area contributed by atoms with E-state index in [1.54, 1.807) is 5.30 Å². The smallest absolute Gasteiger partial charge is 0.00979 e. The van der Waals surface area contributed by atoms with Crippen LogP contribution in [0.4, 0.5) is 0 Å². The average Bonchev–Trinajstić information content (AvgIpc) is 2.63. The lowest BCUT2D eigenvalue weighted by molar-refractivity contribution is 0.593. The van der Waals surface area contributed by atoms with Gasteiger partial charge in [-0.25, -0.2) is 0 Å². The number of hydrogen-bond donors (Lipinski definition) is 0. The molecular formula is C33H53P. The molecule has 34 heavy (non-hydrogen) atoms. The summed E-state index contributed by atoms with van der Waals surface area (Å²) in [6, 6.07) is 12.2. The molecule has 0 saturated heterocycles. The van der Waals surface area contributed by atoms with Crippen LogP contribution in [0.2, 0.25) is 0 Å². The largest absolute Gasteiger partial charge is 0.0633 e. The van der Waals surface area contributed by atoms with Gasteiger partial charge in [-0.05, 0) is 72.2 Å². The molecule has 0 heterocycles. The van der Waals surface area contributed by atoms with Crippen molar-refractivity contribution >= 4 is 13.2 Å². The molecule has 0 amide bonds. The van der Waals surface area contributed by atoms with Crippen molar-refractivity contribution in [3.63, 3.8) is 0 Å². The fourth-order valence-corrected chi connectivity index (χ4v) is 9.97. The lowest BCUT2D eigenvalue weighted by Gasteiger charge is -2.45. The van der Waals surface area contributed by atoms with Crippen LogP contribution in [0.3, 0.4) is 0 Å². The summed E-state index contributed by atoms with van der Waals surface area (Å²) < 4.78 is 0. The molecule has 2 rings (SSSR count). The van der Waals surface area contributed by atoms with Gasteiger partial charge in [-0.2, -0.15) is 0 Å². The van der Waals surface area contributed by atoms with Crippen LogP contribution in [0.1, 0.15) is 144 Å². The minimum absolute atomic E-state index is 0.0935. The molecule has 0 radical (unpaired) electrons. The average molecular weight is 481 g/mol. The second kappa shape index (κ2) is 10.1. The Balaban J connectivity index is 3.19. The zero-order valence-electron chi connectivity index (χ0n) is 25.1. The van der Waals surface area contributed by atoms with Crippen molar-refractivity contribution in [1.82, 2.24) is 0 Å². The Bertz CT molecular complexity index is 942. The molecule has 0 aromatic heterocycles. The molecule has 2 aromatic rings. The van der Waals surface area contributed by atoms with Crippen LogP contribution in [0, 0.1) is 0 Å². The maximum atomic E-state index is 2.51. The highest BCUT2D eigenvalue weighted by Gasteiger charge is 2.40. The highest BCUT2D eigenvalue weighted by molar-refractivity contribution is 7.69. The van der Waals surface area contributed by atoms with E-state index in [1.807, 2.05) is 0 Å². The second-order valence-corrected chi connectivity index (χ2v) is 18.0. The van der Waals surface area contributed by atoms with Crippen molar-refractivity contribution in [2.45, 2.75) is 137 Å². The van der Waals surface area contributed by atoms with Gasteiger partial charge in [0.1, 0.15) is 0 Å². The molecule has 2 aromatic carbocycles. The molecular weight excluding hydrogens is 427 g/mol. The van der Waals surface area contributed by atoms with Gasteiger partial charge >= 0.3 is 0 Å². The summed E-state index contributed by atoms with van der Waals surface area (Å²) in [5.74, 6) is 1.49. The summed E-state index contributed by atoms with van der Waals surface area (Å²) in [7, 11) is -0.451. The quantitative estimate of drug-likeness (QED) is 0.373. The van der Waals surface area contributed by atoms with Crippen LogP contribution < -0.4 is 5.30 Å². The molecule has 0 unspecified atom stereocenters. The van der Waals surface area contributed by atoms with Gasteiger partial charge in [-0.1, -0.05) is 142 Å². The molecule has 0 fully saturated rings. The minimum atomic E-state index is -0.451. The molecule has 0 aliphatic carbocycles. The molecule has 0 saturated carbocycles. The van der Waals surface area contributed by atoms with E-state index in [0.717, 1.165) is 0 Å². The zero-order chi connectivity index (χ0) is 26.4. The summed E-state index contributed by atoms with van der Waals surface area (Å²) in [4.78, 5) is 0. The van der Waals surface area contributed by atoms with Gasteiger partial charge in [0.15, 0.2) is 0 Å². The molecule has 0 N–H and O–H groups in total. The van der Waals surface area contributed by atoms with Crippen LogP contribution in [-0.2, 0) is 5.41 Å². The van der Waals surface area contributed by atoms with Gasteiger partial charge in [0, 0.05) is 0 Å². The van der Waals surface area contributed by atoms with E-state index in [1.165, 1.54) is 33.4 Å². The Morgan fingerprint density at radius 2 is 1.06 bits per heavy atom. The molecule has 0 spiro atoms. The van der Waals surface area contributed by atoms with Gasteiger partial charge in [0.2, 0.25) is 0 Å². The van der Waals surface area contributed by atoms with Gasteiger partial charge in [-0.15, -0.1) is 0 Å². The first-order valence-corrected chi connectivity index (χ1v) is 14.7. The monoisotopic (exact) mass is 480 g/mol. The Morgan fingerprint density at radius 1 is 0.618 bits per heavy atom. The summed E-state index contributed by atoms with van der Waals surface area (Å²) >= 11 is 0. The molecule has 0 aliphatic heterocycles. The van der Waals surface area contributed by atoms with Crippen LogP contribution in [-0.4, -0.2) is 10.3 Å². The van der Waals surface area contributed by atoms with Gasteiger partial charge < -0.3 is 0 Å². The Morgan fingerprint density at radius 3 is 1.38 bits per heavy atom. The number of rotatable bonds is 5. The van der Waals surface area contributed by atoms with E-state index in [-0.39, 0.29) is 15.7 Å². The lowest BCUT2D eigenvalue weighted by atomic mass is 9.79. The van der Waals surface area contributed by atoms with E-state index >= 15 is 0 Å². The lowest BCUT2D eigenvalue weighted by Crippen LogP contribution is -2.36. The van der Waals surface area contributed by atoms with Gasteiger partial charge in [0.25, 0.3) is 0 Å². The Labute approximate surface area is 214 Å². The fourth-order valence-electron chi connectivity index (χ4n) is 5.54. The molecule has 0 nitrogen and oxygen atoms in total. The Hall–Kier alpha value is -1.13. The van der Waals surface area contributed by atoms with E-state index in [0.29, 0.717) is 17.8 Å². The third kappa shape index (κ3) is 6.16. The maximum absolute atomic E-state index is 2.51. The van der Waals surface area contributed by atoms with Crippen molar-refractivity contribution in [3.05, 3.63) is 52.6 Å². The molecule has 1 heteroatoms. The summed E-state index contributed by atoms with van der Waals surface area (Å²) in [5, 5.41) is 2.04. The van der Waals surface area contributed by atoms with Crippen LogP contribution in [0.5, 0.6) is 0 Å². The first-order chi connectivity index (χ1) is 15.3. The molecule has 190 valence electrons. The van der Waals surface area contributed by atoms with Crippen molar-refractivity contribution < 1.29 is 0 Å². The van der Waals surface area contributed by atoms with Gasteiger partial charge in [-0.3, -0.25) is 0 Å². The van der Waals surface area contributed by atoms with Crippen LogP contribution in [0.25, 0.3) is 11.1 Å². The van der Waals surface area contributed by atoms with Crippen molar-refractivity contribution in [1.29, 1.82) is 0 Å². The van der Waals surface area contributed by atoms with Crippen molar-refractivity contribution in [2.75, 3.05) is 0 Å². The summed E-state index contributed by atoms with van der Waals surface area (Å²) in [5.41, 5.74) is 9.12. The zero-order valence-corrected chi connectivity index (χ0v) is 26.0. The normalized spacial score (nSPS) is 13.6. The van der Waals surface area contributed by atoms with Crippen molar-refractivity contribution in [3.8, 4) is 11.1 Å². The fraction of sp³-hybridized carbons (Fsp3) is 0.636. The number of hydrogen-bond acceptors (Lipinski definition) is 0. The van der Waals surface area contributed by atoms with Crippen molar-refractivity contribution in [2.24, 2.45) is 0 Å². The van der Waals surface area contributed by atoms with E-state index < -0.39 is 7.92 Å². The third-order valence-corrected chi connectivity index (χ3v) is 10.4. The third-order valence-electron chi connectivity index (χ3n) is 6.81. The summed E-state index contributed by atoms with van der Waals surface area (Å²) in [6.45, 7) is 36.1. The highest BCUT2D eigenvalue weighted by Crippen LogP contribution is 2.61. The topological polar surface area (TPSA) is 0 Å². The van der Waals surface area contributed by atoms with E-state index in [9.17, 15) is 0 Å². The molecule has 0 aliphatic rings. The van der Waals surface area contributed by atoms with Gasteiger partial charge in [0.05, 0.1) is 0 Å². The Kier molecular flexibility index (Phi) is 8.63. The number of benzene rings is 2. The SMILES string of the molecule is CC(C)c1cc(C(C)C)c(-c2cccc(C(C)(C)C)c2P(C(C)(C)C)C(C)(C)C)c(C(C)C)c1. The second-order valence-electron chi connectivity index (χ2n) is 14.2. The van der Waals surface area contributed by atoms with Crippen LogP contribution >= 0.6 is 7.92 Å². The van der Waals surface area contributed by atoms with Crippen LogP contribution in [0.15, 0.2) is 30.3 Å². The first kappa shape index (κ1) is 29.1. The predicted octanol–water partition coefficient (Wildman–Crippen LogP) is 10.7.